The van der Waals surface area contributed by atoms with Crippen LogP contribution in [0.15, 0.2) is 95.9 Å². The minimum absolute atomic E-state index is 0.00985. The monoisotopic (exact) mass is 538 g/mol. The summed E-state index contributed by atoms with van der Waals surface area (Å²) in [5.41, 5.74) is 0.266. The van der Waals surface area contributed by atoms with E-state index in [0.29, 0.717) is 23.1 Å². The molecule has 4 aromatic rings. The quantitative estimate of drug-likeness (QED) is 0.263. The van der Waals surface area contributed by atoms with Gasteiger partial charge >= 0.3 is 0 Å². The highest BCUT2D eigenvalue weighted by Crippen LogP contribution is 2.32. The molecular weight excluding hydrogens is 512 g/mol. The Morgan fingerprint density at radius 3 is 2.35 bits per heavy atom. The predicted molar refractivity (Wildman–Crippen MR) is 146 cm³/mol. The highest BCUT2D eigenvalue weighted by molar-refractivity contribution is 7.92. The van der Waals surface area contributed by atoms with Gasteiger partial charge < -0.3 is 14.8 Å². The van der Waals surface area contributed by atoms with Crippen molar-refractivity contribution < 1.29 is 22.7 Å². The van der Waals surface area contributed by atoms with Crippen molar-refractivity contribution in [2.75, 3.05) is 30.6 Å². The normalized spacial score (nSPS) is 11.2. The number of ether oxygens (including phenoxy) is 2. The minimum Gasteiger partial charge on any atom is -0.492 e. The zero-order valence-corrected chi connectivity index (χ0v) is 21.8. The maximum Gasteiger partial charge on any atom is 0.264 e. The number of nitrogens with one attached hydrogen (secondary N) is 1. The molecule has 0 heterocycles. The Balaban J connectivity index is 1.47. The third kappa shape index (κ3) is 6.53. The van der Waals surface area contributed by atoms with Crippen LogP contribution in [0.3, 0.4) is 0 Å². The summed E-state index contributed by atoms with van der Waals surface area (Å²) < 4.78 is 39.6. The van der Waals surface area contributed by atoms with Gasteiger partial charge in [0, 0.05) is 5.02 Å². The number of anilines is 1. The molecule has 0 fully saturated rings. The van der Waals surface area contributed by atoms with Crippen molar-refractivity contribution in [2.45, 2.75) is 11.8 Å². The number of carbonyl (C=O) groups is 1. The molecular formula is C28H27ClN2O5S. The lowest BCUT2D eigenvalue weighted by Gasteiger charge is -2.26. The highest BCUT2D eigenvalue weighted by atomic mass is 35.5. The number of sulfonamides is 1. The first-order valence-electron chi connectivity index (χ1n) is 11.8. The molecule has 0 atom stereocenters. The van der Waals surface area contributed by atoms with Crippen LogP contribution >= 0.6 is 11.6 Å². The number of fused-ring (bicyclic) bond motifs is 1. The number of carbonyl (C=O) groups excluding carboxylic acids is 1. The number of benzene rings is 4. The summed E-state index contributed by atoms with van der Waals surface area (Å²) in [5, 5.41) is 5.31. The number of para-hydroxylation sites is 2. The third-order valence-electron chi connectivity index (χ3n) is 5.54. The molecule has 7 nitrogen and oxygen atoms in total. The van der Waals surface area contributed by atoms with Gasteiger partial charge in [-0.05, 0) is 66.2 Å². The van der Waals surface area contributed by atoms with Gasteiger partial charge in [-0.1, -0.05) is 54.1 Å². The zero-order valence-electron chi connectivity index (χ0n) is 20.3. The molecule has 4 aromatic carbocycles. The Bertz CT molecular complexity index is 1480. The van der Waals surface area contributed by atoms with E-state index < -0.39 is 22.5 Å². The topological polar surface area (TPSA) is 84.9 Å². The summed E-state index contributed by atoms with van der Waals surface area (Å²) >= 11 is 5.95. The van der Waals surface area contributed by atoms with Crippen LogP contribution < -0.4 is 19.1 Å². The van der Waals surface area contributed by atoms with Crippen molar-refractivity contribution in [2.24, 2.45) is 0 Å². The number of hydrogen-bond acceptors (Lipinski definition) is 5. The fraction of sp³-hybridized carbons (Fsp3) is 0.179. The molecule has 0 spiro atoms. The second kappa shape index (κ2) is 12.0. The van der Waals surface area contributed by atoms with E-state index in [1.807, 2.05) is 42.5 Å². The maximum absolute atomic E-state index is 13.6. The Kier molecular flexibility index (Phi) is 8.53. The summed E-state index contributed by atoms with van der Waals surface area (Å²) in [7, 11) is -4.10. The smallest absolute Gasteiger partial charge is 0.264 e. The minimum atomic E-state index is -4.10. The van der Waals surface area contributed by atoms with Crippen LogP contribution in [0.2, 0.25) is 5.02 Å². The number of rotatable bonds is 11. The van der Waals surface area contributed by atoms with Crippen LogP contribution in [0.1, 0.15) is 6.92 Å². The van der Waals surface area contributed by atoms with Gasteiger partial charge in [0.1, 0.15) is 24.7 Å². The van der Waals surface area contributed by atoms with E-state index in [9.17, 15) is 13.2 Å². The third-order valence-corrected chi connectivity index (χ3v) is 7.56. The van der Waals surface area contributed by atoms with E-state index >= 15 is 0 Å². The van der Waals surface area contributed by atoms with E-state index in [-0.39, 0.29) is 23.7 Å². The summed E-state index contributed by atoms with van der Waals surface area (Å²) in [6, 6.07) is 26.2. The van der Waals surface area contributed by atoms with Gasteiger partial charge in [0.15, 0.2) is 0 Å². The molecule has 192 valence electrons. The van der Waals surface area contributed by atoms with Crippen molar-refractivity contribution in [3.05, 3.63) is 96.0 Å². The van der Waals surface area contributed by atoms with Gasteiger partial charge in [-0.2, -0.15) is 0 Å². The van der Waals surface area contributed by atoms with Crippen LogP contribution in [-0.4, -0.2) is 40.6 Å². The lowest BCUT2D eigenvalue weighted by atomic mass is 10.1. The van der Waals surface area contributed by atoms with Gasteiger partial charge in [-0.15, -0.1) is 0 Å². The standard InChI is InChI=1S/C28H27ClN2O5S/c1-2-35-27-10-6-5-9-26(27)31(37(33,34)25-15-12-23(29)13-16-25)20-28(32)30-17-18-36-24-14-11-21-7-3-4-8-22(21)19-24/h3-16,19H,2,17-18,20H2,1H3,(H,30,32). The molecule has 37 heavy (non-hydrogen) atoms. The fourth-order valence-electron chi connectivity index (χ4n) is 3.78. The predicted octanol–water partition coefficient (Wildman–Crippen LogP) is 5.28. The molecule has 0 saturated heterocycles. The molecule has 0 radical (unpaired) electrons. The second-order valence-electron chi connectivity index (χ2n) is 8.07. The molecule has 4 rings (SSSR count). The molecule has 0 unspecified atom stereocenters. The number of nitrogens with zero attached hydrogens (tertiary/aromatic N) is 1. The zero-order chi connectivity index (χ0) is 26.3. The summed E-state index contributed by atoms with van der Waals surface area (Å²) in [6.45, 7) is 2.13. The number of halogens is 1. The lowest BCUT2D eigenvalue weighted by molar-refractivity contribution is -0.119. The molecule has 0 bridgehead atoms. The SMILES string of the molecule is CCOc1ccccc1N(CC(=O)NCCOc1ccc2ccccc2c1)S(=O)(=O)c1ccc(Cl)cc1. The summed E-state index contributed by atoms with van der Waals surface area (Å²) in [4.78, 5) is 12.9. The first-order chi connectivity index (χ1) is 17.9. The maximum atomic E-state index is 13.6. The van der Waals surface area contributed by atoms with E-state index in [1.54, 1.807) is 31.2 Å². The van der Waals surface area contributed by atoms with Crippen LogP contribution in [0, 0.1) is 0 Å². The number of hydrogen-bond donors (Lipinski definition) is 1. The van der Waals surface area contributed by atoms with E-state index in [1.165, 1.54) is 24.3 Å². The average Bonchev–Trinajstić information content (AvgIpc) is 2.90. The molecule has 0 saturated carbocycles. The molecule has 0 aliphatic rings. The van der Waals surface area contributed by atoms with Crippen molar-refractivity contribution >= 4 is 44.0 Å². The number of amides is 1. The second-order valence-corrected chi connectivity index (χ2v) is 10.4. The first-order valence-corrected chi connectivity index (χ1v) is 13.6. The van der Waals surface area contributed by atoms with E-state index in [0.717, 1.165) is 15.1 Å². The van der Waals surface area contributed by atoms with Gasteiger partial charge in [0.25, 0.3) is 10.0 Å². The van der Waals surface area contributed by atoms with Crippen molar-refractivity contribution in [1.82, 2.24) is 5.32 Å². The van der Waals surface area contributed by atoms with Crippen molar-refractivity contribution in [1.29, 1.82) is 0 Å². The Morgan fingerprint density at radius 1 is 0.892 bits per heavy atom. The van der Waals surface area contributed by atoms with Gasteiger partial charge in [0.2, 0.25) is 5.91 Å². The Morgan fingerprint density at radius 2 is 1.59 bits per heavy atom. The molecule has 0 aliphatic heterocycles. The molecule has 0 aromatic heterocycles. The van der Waals surface area contributed by atoms with Gasteiger partial charge in [-0.25, -0.2) is 8.42 Å². The van der Waals surface area contributed by atoms with Gasteiger partial charge in [0.05, 0.1) is 23.7 Å². The molecule has 1 N–H and O–H groups in total. The largest absolute Gasteiger partial charge is 0.492 e. The molecule has 0 aliphatic carbocycles. The summed E-state index contributed by atoms with van der Waals surface area (Å²) in [5.74, 6) is 0.562. The lowest BCUT2D eigenvalue weighted by Crippen LogP contribution is -2.42. The van der Waals surface area contributed by atoms with Crippen LogP contribution in [0.25, 0.3) is 10.8 Å². The first kappa shape index (κ1) is 26.3. The Hall–Kier alpha value is -3.75. The average molecular weight is 539 g/mol. The van der Waals surface area contributed by atoms with Crippen molar-refractivity contribution in [3.8, 4) is 11.5 Å². The van der Waals surface area contributed by atoms with Crippen LogP contribution in [0.4, 0.5) is 5.69 Å². The highest BCUT2D eigenvalue weighted by Gasteiger charge is 2.29. The molecule has 1 amide bonds. The van der Waals surface area contributed by atoms with Crippen LogP contribution in [-0.2, 0) is 14.8 Å². The van der Waals surface area contributed by atoms with E-state index in [2.05, 4.69) is 5.32 Å². The molecule has 9 heteroatoms. The van der Waals surface area contributed by atoms with E-state index in [4.69, 9.17) is 21.1 Å². The van der Waals surface area contributed by atoms with Crippen LogP contribution in [0.5, 0.6) is 11.5 Å². The van der Waals surface area contributed by atoms with Crippen molar-refractivity contribution in [3.63, 3.8) is 0 Å². The fourth-order valence-corrected chi connectivity index (χ4v) is 5.33. The van der Waals surface area contributed by atoms with Gasteiger partial charge in [-0.3, -0.25) is 9.10 Å². The summed E-state index contributed by atoms with van der Waals surface area (Å²) in [6.07, 6.45) is 0. The Labute approximate surface area is 221 Å².